The van der Waals surface area contributed by atoms with Crippen LogP contribution in [0.2, 0.25) is 0 Å². The third-order valence-electron chi connectivity index (χ3n) is 4.24. The Morgan fingerprint density at radius 1 is 1.21 bits per heavy atom. The minimum Gasteiger partial charge on any atom is -0.359 e. The molecule has 144 valence electrons. The molecule has 3 aromatic rings. The molecule has 0 aliphatic carbocycles. The standard InChI is InChI=1S/C21H21FN4OS/c1-13(2)24-21(28)25-23-12-17-14(3)19(26-11-5-4-6-18(17)26)20(27)15-7-9-16(22)10-8-15/h4-13H,1-3H3,(H2,24,25,28). The highest BCUT2D eigenvalue weighted by Gasteiger charge is 2.20. The number of hydrogen-bond acceptors (Lipinski definition) is 3. The fourth-order valence-corrected chi connectivity index (χ4v) is 3.28. The number of aromatic nitrogens is 1. The highest BCUT2D eigenvalue weighted by atomic mass is 32.1. The first-order valence-electron chi connectivity index (χ1n) is 8.88. The number of ketones is 1. The number of thiocarbonyl (C=S) groups is 1. The van der Waals surface area contributed by atoms with Gasteiger partial charge in [0.25, 0.3) is 0 Å². The molecule has 0 amide bonds. The van der Waals surface area contributed by atoms with Gasteiger partial charge in [0.05, 0.1) is 17.4 Å². The van der Waals surface area contributed by atoms with Crippen LogP contribution in [-0.4, -0.2) is 27.6 Å². The van der Waals surface area contributed by atoms with Gasteiger partial charge in [-0.05, 0) is 75.0 Å². The zero-order valence-corrected chi connectivity index (χ0v) is 16.7. The Labute approximate surface area is 168 Å². The molecule has 2 N–H and O–H groups in total. The van der Waals surface area contributed by atoms with E-state index >= 15 is 0 Å². The molecular formula is C21H21FN4OS. The molecule has 0 aliphatic rings. The Balaban J connectivity index is 1.99. The van der Waals surface area contributed by atoms with Crippen LogP contribution in [0.4, 0.5) is 4.39 Å². The molecule has 0 atom stereocenters. The van der Waals surface area contributed by atoms with Gasteiger partial charge in [0.1, 0.15) is 5.82 Å². The van der Waals surface area contributed by atoms with Crippen molar-refractivity contribution in [3.05, 3.63) is 76.9 Å². The van der Waals surface area contributed by atoms with E-state index in [2.05, 4.69) is 15.8 Å². The van der Waals surface area contributed by atoms with E-state index in [1.165, 1.54) is 24.3 Å². The third-order valence-corrected chi connectivity index (χ3v) is 4.45. The van der Waals surface area contributed by atoms with Gasteiger partial charge in [-0.3, -0.25) is 10.2 Å². The van der Waals surface area contributed by atoms with Crippen LogP contribution in [0.3, 0.4) is 0 Å². The largest absolute Gasteiger partial charge is 0.359 e. The van der Waals surface area contributed by atoms with Crippen molar-refractivity contribution >= 4 is 34.8 Å². The van der Waals surface area contributed by atoms with Crippen LogP contribution in [0.1, 0.15) is 41.0 Å². The highest BCUT2D eigenvalue weighted by molar-refractivity contribution is 7.80. The van der Waals surface area contributed by atoms with Gasteiger partial charge in [-0.2, -0.15) is 5.10 Å². The second kappa shape index (κ2) is 8.31. The molecule has 28 heavy (non-hydrogen) atoms. The second-order valence-corrected chi connectivity index (χ2v) is 7.09. The summed E-state index contributed by atoms with van der Waals surface area (Å²) in [6, 6.07) is 11.4. The summed E-state index contributed by atoms with van der Waals surface area (Å²) in [6.07, 6.45) is 3.48. The average molecular weight is 396 g/mol. The minimum atomic E-state index is -0.377. The summed E-state index contributed by atoms with van der Waals surface area (Å²) in [4.78, 5) is 13.1. The molecule has 0 radical (unpaired) electrons. The van der Waals surface area contributed by atoms with Gasteiger partial charge in [0.2, 0.25) is 5.78 Å². The van der Waals surface area contributed by atoms with Crippen molar-refractivity contribution in [3.63, 3.8) is 0 Å². The van der Waals surface area contributed by atoms with E-state index in [1.54, 1.807) is 6.21 Å². The Kier molecular flexibility index (Phi) is 5.84. The molecule has 2 heterocycles. The van der Waals surface area contributed by atoms with Crippen molar-refractivity contribution in [1.29, 1.82) is 0 Å². The molecular weight excluding hydrogens is 375 g/mol. The molecule has 2 aromatic heterocycles. The number of carbonyl (C=O) groups is 1. The van der Waals surface area contributed by atoms with Gasteiger partial charge < -0.3 is 9.72 Å². The van der Waals surface area contributed by atoms with E-state index in [0.717, 1.165) is 16.6 Å². The Morgan fingerprint density at radius 2 is 1.93 bits per heavy atom. The second-order valence-electron chi connectivity index (χ2n) is 6.68. The van der Waals surface area contributed by atoms with Gasteiger partial charge >= 0.3 is 0 Å². The summed E-state index contributed by atoms with van der Waals surface area (Å²) in [6.45, 7) is 5.84. The van der Waals surface area contributed by atoms with Gasteiger partial charge in [0, 0.05) is 23.4 Å². The van der Waals surface area contributed by atoms with Crippen molar-refractivity contribution in [2.45, 2.75) is 26.8 Å². The van der Waals surface area contributed by atoms with E-state index in [-0.39, 0.29) is 17.6 Å². The maximum absolute atomic E-state index is 13.2. The van der Waals surface area contributed by atoms with E-state index in [4.69, 9.17) is 12.2 Å². The average Bonchev–Trinajstić information content (AvgIpc) is 2.93. The number of nitrogens with zero attached hydrogens (tertiary/aromatic N) is 2. The van der Waals surface area contributed by atoms with Crippen molar-refractivity contribution in [2.24, 2.45) is 5.10 Å². The predicted octanol–water partition coefficient (Wildman–Crippen LogP) is 3.82. The lowest BCUT2D eigenvalue weighted by Gasteiger charge is -2.09. The van der Waals surface area contributed by atoms with Crippen LogP contribution < -0.4 is 10.7 Å². The Morgan fingerprint density at radius 3 is 2.61 bits per heavy atom. The molecule has 0 fully saturated rings. The van der Waals surface area contributed by atoms with Crippen molar-refractivity contribution in [1.82, 2.24) is 15.1 Å². The molecule has 7 heteroatoms. The number of carbonyl (C=O) groups excluding carboxylic acids is 1. The summed E-state index contributed by atoms with van der Waals surface area (Å²) in [5, 5.41) is 7.68. The van der Waals surface area contributed by atoms with Crippen LogP contribution in [0.15, 0.2) is 53.8 Å². The van der Waals surface area contributed by atoms with Crippen LogP contribution >= 0.6 is 12.2 Å². The number of hydrazone groups is 1. The number of halogens is 1. The highest BCUT2D eigenvalue weighted by Crippen LogP contribution is 2.24. The first kappa shape index (κ1) is 19.7. The van der Waals surface area contributed by atoms with Crippen LogP contribution in [0.5, 0.6) is 0 Å². The van der Waals surface area contributed by atoms with Crippen LogP contribution in [0.25, 0.3) is 5.52 Å². The predicted molar refractivity (Wildman–Crippen MR) is 114 cm³/mol. The number of fused-ring (bicyclic) bond motifs is 1. The molecule has 5 nitrogen and oxygen atoms in total. The molecule has 3 rings (SSSR count). The maximum Gasteiger partial charge on any atom is 0.210 e. The fourth-order valence-electron chi connectivity index (χ4n) is 2.99. The molecule has 0 saturated heterocycles. The zero-order valence-electron chi connectivity index (χ0n) is 15.9. The summed E-state index contributed by atoms with van der Waals surface area (Å²) < 4.78 is 15.0. The monoisotopic (exact) mass is 396 g/mol. The zero-order chi connectivity index (χ0) is 20.3. The van der Waals surface area contributed by atoms with E-state index in [1.807, 2.05) is 49.6 Å². The topological polar surface area (TPSA) is 57.9 Å². The van der Waals surface area contributed by atoms with Gasteiger partial charge in [-0.15, -0.1) is 0 Å². The molecule has 0 spiro atoms. The molecule has 0 unspecified atom stereocenters. The maximum atomic E-state index is 13.2. The van der Waals surface area contributed by atoms with Crippen molar-refractivity contribution in [3.8, 4) is 0 Å². The lowest BCUT2D eigenvalue weighted by atomic mass is 10.0. The van der Waals surface area contributed by atoms with Gasteiger partial charge in [0.15, 0.2) is 5.11 Å². The third kappa shape index (κ3) is 4.09. The van der Waals surface area contributed by atoms with E-state index in [0.29, 0.717) is 16.4 Å². The summed E-state index contributed by atoms with van der Waals surface area (Å²) >= 11 is 5.17. The van der Waals surface area contributed by atoms with E-state index in [9.17, 15) is 9.18 Å². The van der Waals surface area contributed by atoms with Crippen LogP contribution in [0, 0.1) is 12.7 Å². The smallest absolute Gasteiger partial charge is 0.210 e. The molecule has 0 bridgehead atoms. The van der Waals surface area contributed by atoms with E-state index < -0.39 is 0 Å². The normalized spacial score (nSPS) is 11.3. The molecule has 0 aliphatic heterocycles. The fraction of sp³-hybridized carbons (Fsp3) is 0.190. The summed E-state index contributed by atoms with van der Waals surface area (Å²) in [7, 11) is 0. The SMILES string of the molecule is Cc1c(C=NNC(=S)NC(C)C)c2ccccn2c1C(=O)c1ccc(F)cc1. The van der Waals surface area contributed by atoms with Gasteiger partial charge in [-0.1, -0.05) is 6.07 Å². The lowest BCUT2D eigenvalue weighted by molar-refractivity contribution is 0.103. The number of nitrogens with one attached hydrogen (secondary N) is 2. The Bertz CT molecular complexity index is 1050. The Hall–Kier alpha value is -3.06. The molecule has 0 saturated carbocycles. The van der Waals surface area contributed by atoms with Crippen molar-refractivity contribution in [2.75, 3.05) is 0 Å². The number of benzene rings is 1. The quantitative estimate of drug-likeness (QED) is 0.298. The summed E-state index contributed by atoms with van der Waals surface area (Å²) in [5.41, 5.74) is 6.18. The van der Waals surface area contributed by atoms with Crippen LogP contribution in [-0.2, 0) is 0 Å². The first-order valence-corrected chi connectivity index (χ1v) is 9.28. The number of hydrogen-bond donors (Lipinski definition) is 2. The van der Waals surface area contributed by atoms with Crippen molar-refractivity contribution < 1.29 is 9.18 Å². The number of rotatable bonds is 5. The van der Waals surface area contributed by atoms with Gasteiger partial charge in [-0.25, -0.2) is 4.39 Å². The first-order chi connectivity index (χ1) is 13.4. The minimum absolute atomic E-state index is 0.177. The number of pyridine rings is 1. The molecule has 1 aromatic carbocycles. The lowest BCUT2D eigenvalue weighted by Crippen LogP contribution is -2.36. The summed E-state index contributed by atoms with van der Waals surface area (Å²) in [5.74, 6) is -0.554.